The predicted octanol–water partition coefficient (Wildman–Crippen LogP) is 5.15. The molecule has 138 valence electrons. The minimum Gasteiger partial charge on any atom is -0.319 e. The van der Waals surface area contributed by atoms with Gasteiger partial charge in [0.15, 0.2) is 5.82 Å². The minimum absolute atomic E-state index is 0.0945. The van der Waals surface area contributed by atoms with Crippen LogP contribution in [0.25, 0.3) is 17.1 Å². The van der Waals surface area contributed by atoms with Crippen molar-refractivity contribution in [1.29, 1.82) is 0 Å². The summed E-state index contributed by atoms with van der Waals surface area (Å²) in [5.74, 6) is 0.300. The summed E-state index contributed by atoms with van der Waals surface area (Å²) in [6, 6.07) is 24.4. The number of carbonyl (C=O) groups excluding carboxylic acids is 1. The summed E-state index contributed by atoms with van der Waals surface area (Å²) in [5, 5.41) is 7.98. The Hall–Kier alpha value is -3.44. The van der Waals surface area contributed by atoms with E-state index in [-0.39, 0.29) is 11.7 Å². The van der Waals surface area contributed by atoms with E-state index in [9.17, 15) is 4.79 Å². The van der Waals surface area contributed by atoms with E-state index < -0.39 is 0 Å². The van der Waals surface area contributed by atoms with Crippen LogP contribution in [0.1, 0.15) is 16.2 Å². The first kappa shape index (κ1) is 17.9. The van der Waals surface area contributed by atoms with Crippen molar-refractivity contribution >= 4 is 23.2 Å². The fraction of sp³-hybridized carbons (Fsp3) is 0.0455. The van der Waals surface area contributed by atoms with Gasteiger partial charge in [-0.2, -0.15) is 0 Å². The van der Waals surface area contributed by atoms with Crippen LogP contribution in [0, 0.1) is 6.92 Å². The first-order chi connectivity index (χ1) is 13.6. The third kappa shape index (κ3) is 3.66. The van der Waals surface area contributed by atoms with Gasteiger partial charge in [-0.15, -0.1) is 5.10 Å². The predicted molar refractivity (Wildman–Crippen MR) is 111 cm³/mol. The first-order valence-corrected chi connectivity index (χ1v) is 9.15. The van der Waals surface area contributed by atoms with Gasteiger partial charge in [0.1, 0.15) is 0 Å². The number of aromatic nitrogens is 3. The summed E-state index contributed by atoms with van der Waals surface area (Å²) in [5.41, 5.74) is 3.33. The summed E-state index contributed by atoms with van der Waals surface area (Å²) in [6.45, 7) is 1.94. The van der Waals surface area contributed by atoms with E-state index in [2.05, 4.69) is 15.4 Å². The zero-order chi connectivity index (χ0) is 19.5. The lowest BCUT2D eigenvalue weighted by atomic mass is 10.2. The van der Waals surface area contributed by atoms with Gasteiger partial charge in [-0.3, -0.25) is 4.79 Å². The van der Waals surface area contributed by atoms with Gasteiger partial charge in [-0.25, -0.2) is 9.67 Å². The molecule has 0 radical (unpaired) electrons. The van der Waals surface area contributed by atoms with Gasteiger partial charge in [-0.05, 0) is 55.0 Å². The van der Waals surface area contributed by atoms with Crippen molar-refractivity contribution in [2.75, 3.05) is 5.32 Å². The Bertz CT molecular complexity index is 1120. The average Bonchev–Trinajstić information content (AvgIpc) is 3.16. The van der Waals surface area contributed by atoms with E-state index in [0.717, 1.165) is 22.5 Å². The fourth-order valence-electron chi connectivity index (χ4n) is 2.83. The van der Waals surface area contributed by atoms with Crippen molar-refractivity contribution in [3.05, 3.63) is 95.3 Å². The van der Waals surface area contributed by atoms with Crippen LogP contribution in [0.3, 0.4) is 0 Å². The van der Waals surface area contributed by atoms with Crippen LogP contribution in [0.2, 0.25) is 5.02 Å². The SMILES string of the molecule is Cc1ccccc1NC(=O)c1nc(-c2ccc(Cl)cc2)n(-c2ccccc2)n1. The van der Waals surface area contributed by atoms with E-state index in [0.29, 0.717) is 10.8 Å². The van der Waals surface area contributed by atoms with Crippen LogP contribution in [0.5, 0.6) is 0 Å². The van der Waals surface area contributed by atoms with E-state index in [1.54, 1.807) is 16.8 Å². The van der Waals surface area contributed by atoms with Crippen LogP contribution in [-0.2, 0) is 0 Å². The third-order valence-corrected chi connectivity index (χ3v) is 4.56. The molecule has 4 rings (SSSR count). The van der Waals surface area contributed by atoms with Gasteiger partial charge in [-0.1, -0.05) is 48.0 Å². The van der Waals surface area contributed by atoms with Gasteiger partial charge < -0.3 is 5.32 Å². The summed E-state index contributed by atoms with van der Waals surface area (Å²) >= 11 is 6.01. The topological polar surface area (TPSA) is 59.8 Å². The number of rotatable bonds is 4. The Morgan fingerprint density at radius 1 is 0.929 bits per heavy atom. The molecule has 0 saturated carbocycles. The fourth-order valence-corrected chi connectivity index (χ4v) is 2.96. The molecule has 1 heterocycles. The highest BCUT2D eigenvalue weighted by molar-refractivity contribution is 6.30. The second-order valence-corrected chi connectivity index (χ2v) is 6.72. The molecule has 0 spiro atoms. The number of hydrogen-bond donors (Lipinski definition) is 1. The summed E-state index contributed by atoms with van der Waals surface area (Å²) in [7, 11) is 0. The Morgan fingerprint density at radius 2 is 1.61 bits per heavy atom. The standard InChI is InChI=1S/C22H17ClN4O/c1-15-7-5-6-10-19(15)24-22(28)20-25-21(16-11-13-17(23)14-12-16)27(26-20)18-8-3-2-4-9-18/h2-14H,1H3,(H,24,28). The normalized spacial score (nSPS) is 10.6. The van der Waals surface area contributed by atoms with Crippen LogP contribution >= 0.6 is 11.6 Å². The zero-order valence-corrected chi connectivity index (χ0v) is 15.9. The number of halogens is 1. The second kappa shape index (κ2) is 7.66. The molecular weight excluding hydrogens is 372 g/mol. The number of hydrogen-bond acceptors (Lipinski definition) is 3. The second-order valence-electron chi connectivity index (χ2n) is 6.28. The van der Waals surface area contributed by atoms with Gasteiger partial charge in [0.05, 0.1) is 5.69 Å². The number of amides is 1. The molecule has 0 fully saturated rings. The average molecular weight is 389 g/mol. The van der Waals surface area contributed by atoms with Crippen LogP contribution in [-0.4, -0.2) is 20.7 Å². The van der Waals surface area contributed by atoms with Gasteiger partial charge in [0.2, 0.25) is 5.82 Å². The Balaban J connectivity index is 1.76. The van der Waals surface area contributed by atoms with E-state index in [1.165, 1.54) is 0 Å². The maximum atomic E-state index is 12.8. The molecule has 28 heavy (non-hydrogen) atoms. The molecule has 5 nitrogen and oxygen atoms in total. The molecule has 0 bridgehead atoms. The number of carbonyl (C=O) groups is 1. The third-order valence-electron chi connectivity index (χ3n) is 4.31. The highest BCUT2D eigenvalue weighted by atomic mass is 35.5. The van der Waals surface area contributed by atoms with Crippen molar-refractivity contribution in [3.63, 3.8) is 0 Å². The summed E-state index contributed by atoms with van der Waals surface area (Å²) < 4.78 is 1.66. The maximum absolute atomic E-state index is 12.8. The van der Waals surface area contributed by atoms with E-state index in [4.69, 9.17) is 11.6 Å². The minimum atomic E-state index is -0.362. The molecule has 6 heteroatoms. The molecule has 1 aromatic heterocycles. The van der Waals surface area contributed by atoms with E-state index >= 15 is 0 Å². The van der Waals surface area contributed by atoms with Crippen molar-refractivity contribution in [3.8, 4) is 17.1 Å². The molecule has 0 saturated heterocycles. The number of para-hydroxylation sites is 2. The van der Waals surface area contributed by atoms with Gasteiger partial charge >= 0.3 is 0 Å². The van der Waals surface area contributed by atoms with Crippen LogP contribution < -0.4 is 5.32 Å². The number of nitrogens with one attached hydrogen (secondary N) is 1. The summed E-state index contributed by atoms with van der Waals surface area (Å²) in [4.78, 5) is 17.3. The van der Waals surface area contributed by atoms with Gasteiger partial charge in [0.25, 0.3) is 5.91 Å². The highest BCUT2D eigenvalue weighted by Crippen LogP contribution is 2.23. The Morgan fingerprint density at radius 3 is 2.32 bits per heavy atom. The number of aryl methyl sites for hydroxylation is 1. The first-order valence-electron chi connectivity index (χ1n) is 8.77. The largest absolute Gasteiger partial charge is 0.319 e. The Labute approximate surface area is 167 Å². The van der Waals surface area contributed by atoms with Crippen LogP contribution in [0.4, 0.5) is 5.69 Å². The molecule has 3 aromatic carbocycles. The smallest absolute Gasteiger partial charge is 0.295 e. The quantitative estimate of drug-likeness (QED) is 0.526. The number of benzene rings is 3. The molecule has 0 aliphatic rings. The summed E-state index contributed by atoms with van der Waals surface area (Å²) in [6.07, 6.45) is 0. The van der Waals surface area contributed by atoms with Crippen LogP contribution in [0.15, 0.2) is 78.9 Å². The molecule has 0 aliphatic carbocycles. The van der Waals surface area contributed by atoms with Crippen molar-refractivity contribution < 1.29 is 4.79 Å². The lowest BCUT2D eigenvalue weighted by Gasteiger charge is -2.06. The molecule has 1 amide bonds. The number of nitrogens with zero attached hydrogens (tertiary/aromatic N) is 3. The molecule has 0 aliphatic heterocycles. The van der Waals surface area contributed by atoms with E-state index in [1.807, 2.05) is 73.7 Å². The van der Waals surface area contributed by atoms with Gasteiger partial charge in [0, 0.05) is 16.3 Å². The zero-order valence-electron chi connectivity index (χ0n) is 15.1. The molecule has 0 unspecified atom stereocenters. The molecule has 4 aromatic rings. The lowest BCUT2D eigenvalue weighted by Crippen LogP contribution is -2.15. The van der Waals surface area contributed by atoms with Crippen molar-refractivity contribution in [1.82, 2.24) is 14.8 Å². The monoisotopic (exact) mass is 388 g/mol. The maximum Gasteiger partial charge on any atom is 0.295 e. The molecule has 0 atom stereocenters. The highest BCUT2D eigenvalue weighted by Gasteiger charge is 2.19. The van der Waals surface area contributed by atoms with Crippen molar-refractivity contribution in [2.24, 2.45) is 0 Å². The lowest BCUT2D eigenvalue weighted by molar-refractivity contribution is 0.101. The Kier molecular flexibility index (Phi) is 4.91. The molecular formula is C22H17ClN4O. The number of anilines is 1. The molecule has 1 N–H and O–H groups in total. The van der Waals surface area contributed by atoms with Crippen molar-refractivity contribution in [2.45, 2.75) is 6.92 Å².